The molecule has 0 aromatic carbocycles. The van der Waals surface area contributed by atoms with Gasteiger partial charge in [0.2, 0.25) is 0 Å². The van der Waals surface area contributed by atoms with E-state index in [4.69, 9.17) is 0 Å². The van der Waals surface area contributed by atoms with Gasteiger partial charge in [-0.25, -0.2) is 4.79 Å². The van der Waals surface area contributed by atoms with Gasteiger partial charge in [-0.1, -0.05) is 20.3 Å². The highest BCUT2D eigenvalue weighted by molar-refractivity contribution is 5.74. The Kier molecular flexibility index (Phi) is 6.47. The Labute approximate surface area is 129 Å². The van der Waals surface area contributed by atoms with Gasteiger partial charge in [-0.15, -0.1) is 0 Å². The Morgan fingerprint density at radius 1 is 1.10 bits per heavy atom. The molecule has 0 saturated carbocycles. The third-order valence-corrected chi connectivity index (χ3v) is 4.74. The molecule has 0 bridgehead atoms. The number of aliphatic hydroxyl groups is 1. The first-order valence-electron chi connectivity index (χ1n) is 8.14. The largest absolute Gasteiger partial charge is 0.388 e. The second-order valence-corrected chi connectivity index (χ2v) is 7.41. The van der Waals surface area contributed by atoms with Crippen LogP contribution in [-0.4, -0.2) is 53.4 Å². The summed E-state index contributed by atoms with van der Waals surface area (Å²) >= 11 is 0. The maximum Gasteiger partial charge on any atom is 0.314 e. The van der Waals surface area contributed by atoms with E-state index in [1.54, 1.807) is 6.92 Å². The van der Waals surface area contributed by atoms with Crippen LogP contribution in [0.5, 0.6) is 0 Å². The smallest absolute Gasteiger partial charge is 0.314 e. The molecule has 3 N–H and O–H groups in total. The Bertz CT molecular complexity index is 334. The fourth-order valence-electron chi connectivity index (χ4n) is 2.43. The van der Waals surface area contributed by atoms with Gasteiger partial charge >= 0.3 is 6.03 Å². The van der Waals surface area contributed by atoms with Crippen LogP contribution in [0.3, 0.4) is 0 Å². The van der Waals surface area contributed by atoms with Gasteiger partial charge in [-0.05, 0) is 52.6 Å². The van der Waals surface area contributed by atoms with E-state index in [1.807, 2.05) is 13.8 Å². The van der Waals surface area contributed by atoms with Gasteiger partial charge in [0, 0.05) is 18.6 Å². The number of amides is 2. The number of likely N-dealkylation sites (tertiary alicyclic amines) is 1. The van der Waals surface area contributed by atoms with Crippen LogP contribution < -0.4 is 10.6 Å². The first kappa shape index (κ1) is 18.2. The van der Waals surface area contributed by atoms with Crippen molar-refractivity contribution in [3.8, 4) is 0 Å². The maximum absolute atomic E-state index is 11.9. The van der Waals surface area contributed by atoms with Crippen LogP contribution in [0.1, 0.15) is 53.9 Å². The molecule has 1 saturated heterocycles. The fourth-order valence-corrected chi connectivity index (χ4v) is 2.43. The lowest BCUT2D eigenvalue weighted by Gasteiger charge is -2.41. The summed E-state index contributed by atoms with van der Waals surface area (Å²) in [5.41, 5.74) is -0.905. The van der Waals surface area contributed by atoms with E-state index in [9.17, 15) is 9.90 Å². The van der Waals surface area contributed by atoms with Crippen molar-refractivity contribution >= 4 is 6.03 Å². The van der Waals surface area contributed by atoms with Crippen LogP contribution in [0.2, 0.25) is 0 Å². The number of carbonyl (C=O) groups excluding carboxylic acids is 1. The second-order valence-electron chi connectivity index (χ2n) is 7.41. The normalized spacial score (nSPS) is 20.1. The highest BCUT2D eigenvalue weighted by Gasteiger charge is 2.29. The SMILES string of the molecule is CC(C)C(C)(O)CNC(=O)NCC(C)(C)N1CCCCC1. The van der Waals surface area contributed by atoms with Crippen molar-refractivity contribution in [1.29, 1.82) is 0 Å². The summed E-state index contributed by atoms with van der Waals surface area (Å²) in [5, 5.41) is 15.8. The predicted octanol–water partition coefficient (Wildman–Crippen LogP) is 1.96. The molecule has 1 atom stereocenters. The van der Waals surface area contributed by atoms with Crippen molar-refractivity contribution in [2.45, 2.75) is 65.0 Å². The summed E-state index contributed by atoms with van der Waals surface area (Å²) in [5.74, 6) is 0.0996. The summed E-state index contributed by atoms with van der Waals surface area (Å²) in [4.78, 5) is 14.3. The van der Waals surface area contributed by atoms with Crippen LogP contribution in [-0.2, 0) is 0 Å². The predicted molar refractivity (Wildman–Crippen MR) is 86.4 cm³/mol. The van der Waals surface area contributed by atoms with Crippen molar-refractivity contribution in [3.63, 3.8) is 0 Å². The molecule has 0 aromatic rings. The van der Waals surface area contributed by atoms with Crippen molar-refractivity contribution in [1.82, 2.24) is 15.5 Å². The minimum absolute atomic E-state index is 0.0294. The molecule has 1 aliphatic rings. The standard InChI is InChI=1S/C16H33N3O2/c1-13(2)16(5,21)12-18-14(20)17-11-15(3,4)19-9-7-6-8-10-19/h13,21H,6-12H2,1-5H3,(H2,17,18,20). The Hall–Kier alpha value is -0.810. The molecular weight excluding hydrogens is 266 g/mol. The Morgan fingerprint density at radius 3 is 2.14 bits per heavy atom. The first-order chi connectivity index (χ1) is 9.65. The third-order valence-electron chi connectivity index (χ3n) is 4.74. The number of piperidine rings is 1. The highest BCUT2D eigenvalue weighted by atomic mass is 16.3. The van der Waals surface area contributed by atoms with E-state index in [1.165, 1.54) is 19.3 Å². The van der Waals surface area contributed by atoms with Gasteiger partial charge in [-0.2, -0.15) is 0 Å². The molecule has 124 valence electrons. The summed E-state index contributed by atoms with van der Waals surface area (Å²) < 4.78 is 0. The second kappa shape index (κ2) is 7.45. The summed E-state index contributed by atoms with van der Waals surface area (Å²) in [6.07, 6.45) is 3.80. The van der Waals surface area contributed by atoms with Crippen LogP contribution in [0.15, 0.2) is 0 Å². The number of rotatable bonds is 6. The molecule has 5 heteroatoms. The lowest BCUT2D eigenvalue weighted by Crippen LogP contribution is -2.55. The molecule has 0 radical (unpaired) electrons. The Balaban J connectivity index is 2.34. The van der Waals surface area contributed by atoms with Gasteiger partial charge in [0.1, 0.15) is 0 Å². The van der Waals surface area contributed by atoms with Crippen LogP contribution in [0.4, 0.5) is 4.79 Å². The summed E-state index contributed by atoms with van der Waals surface area (Å²) in [6, 6.07) is -0.207. The molecule has 0 aromatic heterocycles. The monoisotopic (exact) mass is 299 g/mol. The number of carbonyl (C=O) groups is 1. The zero-order valence-corrected chi connectivity index (χ0v) is 14.3. The highest BCUT2D eigenvalue weighted by Crippen LogP contribution is 2.19. The molecule has 0 aliphatic carbocycles. The average molecular weight is 299 g/mol. The molecule has 1 aliphatic heterocycles. The molecular formula is C16H33N3O2. The van der Waals surface area contributed by atoms with Crippen LogP contribution in [0, 0.1) is 5.92 Å². The quantitative estimate of drug-likeness (QED) is 0.702. The van der Waals surface area contributed by atoms with Crippen molar-refractivity contribution in [2.75, 3.05) is 26.2 Å². The number of nitrogens with one attached hydrogen (secondary N) is 2. The van der Waals surface area contributed by atoms with Gasteiger partial charge in [0.05, 0.1) is 5.60 Å². The zero-order chi connectivity index (χ0) is 16.1. The first-order valence-corrected chi connectivity index (χ1v) is 8.14. The minimum Gasteiger partial charge on any atom is -0.388 e. The minimum atomic E-state index is -0.875. The van der Waals surface area contributed by atoms with E-state index in [2.05, 4.69) is 29.4 Å². The molecule has 0 spiro atoms. The summed E-state index contributed by atoms with van der Waals surface area (Å²) in [7, 11) is 0. The summed E-state index contributed by atoms with van der Waals surface area (Å²) in [6.45, 7) is 13.1. The van der Waals surface area contributed by atoms with E-state index in [-0.39, 0.29) is 24.0 Å². The average Bonchev–Trinajstić information content (AvgIpc) is 2.44. The van der Waals surface area contributed by atoms with Gasteiger partial charge < -0.3 is 15.7 Å². The molecule has 1 fully saturated rings. The zero-order valence-electron chi connectivity index (χ0n) is 14.3. The van der Waals surface area contributed by atoms with Crippen molar-refractivity contribution in [2.24, 2.45) is 5.92 Å². The number of urea groups is 1. The molecule has 21 heavy (non-hydrogen) atoms. The Morgan fingerprint density at radius 2 is 1.62 bits per heavy atom. The van der Waals surface area contributed by atoms with Crippen LogP contribution in [0.25, 0.3) is 0 Å². The van der Waals surface area contributed by atoms with E-state index < -0.39 is 5.60 Å². The lowest BCUT2D eigenvalue weighted by molar-refractivity contribution is 0.0164. The third kappa shape index (κ3) is 5.83. The molecule has 1 heterocycles. The van der Waals surface area contributed by atoms with Gasteiger partial charge in [0.15, 0.2) is 0 Å². The van der Waals surface area contributed by atoms with E-state index in [0.29, 0.717) is 6.54 Å². The maximum atomic E-state index is 11.9. The molecule has 1 rings (SSSR count). The van der Waals surface area contributed by atoms with Gasteiger partial charge in [0.25, 0.3) is 0 Å². The van der Waals surface area contributed by atoms with Crippen molar-refractivity contribution in [3.05, 3.63) is 0 Å². The van der Waals surface area contributed by atoms with E-state index in [0.717, 1.165) is 13.1 Å². The number of hydrogen-bond donors (Lipinski definition) is 3. The molecule has 2 amide bonds. The van der Waals surface area contributed by atoms with Crippen molar-refractivity contribution < 1.29 is 9.90 Å². The molecule has 5 nitrogen and oxygen atoms in total. The lowest BCUT2D eigenvalue weighted by atomic mass is 9.93. The topological polar surface area (TPSA) is 64.6 Å². The number of nitrogens with zero attached hydrogens (tertiary/aromatic N) is 1. The van der Waals surface area contributed by atoms with Gasteiger partial charge in [-0.3, -0.25) is 4.90 Å². The van der Waals surface area contributed by atoms with Crippen LogP contribution >= 0.6 is 0 Å². The number of hydrogen-bond acceptors (Lipinski definition) is 3. The fraction of sp³-hybridized carbons (Fsp3) is 0.938. The molecule has 1 unspecified atom stereocenters. The van der Waals surface area contributed by atoms with E-state index >= 15 is 0 Å².